The number of carboxylic acids is 1. The van der Waals surface area contributed by atoms with Gasteiger partial charge in [0.2, 0.25) is 0 Å². The molecule has 2 aliphatic rings. The molecular formula is C15H27NO2. The average molecular weight is 253 g/mol. The van der Waals surface area contributed by atoms with Crippen LogP contribution >= 0.6 is 0 Å². The molecule has 3 nitrogen and oxygen atoms in total. The van der Waals surface area contributed by atoms with Crippen LogP contribution in [0.3, 0.4) is 0 Å². The van der Waals surface area contributed by atoms with Crippen molar-refractivity contribution in [1.82, 2.24) is 4.90 Å². The van der Waals surface area contributed by atoms with Crippen LogP contribution in [-0.4, -0.2) is 35.1 Å². The van der Waals surface area contributed by atoms with Gasteiger partial charge in [0.15, 0.2) is 0 Å². The van der Waals surface area contributed by atoms with Crippen LogP contribution in [0.25, 0.3) is 0 Å². The summed E-state index contributed by atoms with van der Waals surface area (Å²) in [5, 5.41) is 9.30. The Balaban J connectivity index is 1.95. The molecule has 0 amide bonds. The summed E-state index contributed by atoms with van der Waals surface area (Å²) in [5.41, 5.74) is 0. The van der Waals surface area contributed by atoms with E-state index in [0.29, 0.717) is 6.04 Å². The van der Waals surface area contributed by atoms with Crippen molar-refractivity contribution in [3.63, 3.8) is 0 Å². The highest BCUT2D eigenvalue weighted by Gasteiger charge is 2.37. The largest absolute Gasteiger partial charge is 0.481 e. The normalized spacial score (nSPS) is 34.7. The van der Waals surface area contributed by atoms with Crippen LogP contribution in [0.15, 0.2) is 0 Å². The number of hydrogen-bond acceptors (Lipinski definition) is 2. The van der Waals surface area contributed by atoms with E-state index in [0.717, 1.165) is 44.2 Å². The van der Waals surface area contributed by atoms with Gasteiger partial charge in [-0.3, -0.25) is 9.69 Å². The molecule has 1 heterocycles. The second-order valence-corrected chi connectivity index (χ2v) is 6.41. The van der Waals surface area contributed by atoms with Crippen molar-refractivity contribution < 1.29 is 9.90 Å². The van der Waals surface area contributed by atoms with Crippen molar-refractivity contribution in [3.05, 3.63) is 0 Å². The smallest absolute Gasteiger partial charge is 0.308 e. The van der Waals surface area contributed by atoms with Gasteiger partial charge in [0, 0.05) is 6.04 Å². The number of rotatable bonds is 3. The molecule has 104 valence electrons. The summed E-state index contributed by atoms with van der Waals surface area (Å²) in [5.74, 6) is 0.909. The van der Waals surface area contributed by atoms with Gasteiger partial charge in [-0.25, -0.2) is 0 Å². The molecule has 3 unspecified atom stereocenters. The zero-order valence-corrected chi connectivity index (χ0v) is 11.8. The van der Waals surface area contributed by atoms with Crippen molar-refractivity contribution in [2.24, 2.45) is 17.8 Å². The molecule has 1 saturated carbocycles. The zero-order valence-electron chi connectivity index (χ0n) is 11.8. The maximum Gasteiger partial charge on any atom is 0.308 e. The maximum absolute atomic E-state index is 11.3. The highest BCUT2D eigenvalue weighted by atomic mass is 16.4. The van der Waals surface area contributed by atoms with Gasteiger partial charge < -0.3 is 5.11 Å². The summed E-state index contributed by atoms with van der Waals surface area (Å²) >= 11 is 0. The summed E-state index contributed by atoms with van der Waals surface area (Å²) in [6.45, 7) is 6.85. The van der Waals surface area contributed by atoms with Crippen molar-refractivity contribution in [1.29, 1.82) is 0 Å². The third-order valence-electron chi connectivity index (χ3n) is 5.02. The van der Waals surface area contributed by atoms with E-state index in [1.807, 2.05) is 0 Å². The van der Waals surface area contributed by atoms with Crippen LogP contribution in [0, 0.1) is 17.8 Å². The van der Waals surface area contributed by atoms with Crippen LogP contribution < -0.4 is 0 Å². The molecule has 1 aliphatic heterocycles. The van der Waals surface area contributed by atoms with E-state index in [9.17, 15) is 9.90 Å². The molecule has 0 aromatic rings. The highest BCUT2D eigenvalue weighted by molar-refractivity contribution is 5.71. The summed E-state index contributed by atoms with van der Waals surface area (Å²) in [6.07, 6.45) is 6.87. The molecule has 0 aromatic carbocycles. The van der Waals surface area contributed by atoms with Crippen LogP contribution in [0.5, 0.6) is 0 Å². The molecule has 1 aliphatic carbocycles. The molecule has 3 heteroatoms. The van der Waals surface area contributed by atoms with Gasteiger partial charge in [-0.15, -0.1) is 0 Å². The number of hydrogen-bond donors (Lipinski definition) is 1. The van der Waals surface area contributed by atoms with Gasteiger partial charge in [-0.1, -0.05) is 20.3 Å². The Bertz CT molecular complexity index is 290. The summed E-state index contributed by atoms with van der Waals surface area (Å²) in [7, 11) is 0. The highest BCUT2D eigenvalue weighted by Crippen LogP contribution is 2.33. The van der Waals surface area contributed by atoms with E-state index in [4.69, 9.17) is 0 Å². The van der Waals surface area contributed by atoms with Crippen LogP contribution in [-0.2, 0) is 4.79 Å². The lowest BCUT2D eigenvalue weighted by Gasteiger charge is -2.30. The first-order valence-electron chi connectivity index (χ1n) is 7.56. The van der Waals surface area contributed by atoms with Gasteiger partial charge in [-0.05, 0) is 57.0 Å². The van der Waals surface area contributed by atoms with Crippen molar-refractivity contribution in [2.75, 3.05) is 13.1 Å². The number of carboxylic acid groups (broad SMARTS) is 1. The molecular weight excluding hydrogens is 226 g/mol. The third-order valence-corrected chi connectivity index (χ3v) is 5.02. The molecule has 0 spiro atoms. The van der Waals surface area contributed by atoms with E-state index in [2.05, 4.69) is 18.7 Å². The minimum absolute atomic E-state index is 0.111. The lowest BCUT2D eigenvalue weighted by atomic mass is 9.89. The van der Waals surface area contributed by atoms with Crippen molar-refractivity contribution >= 4 is 5.97 Å². The number of likely N-dealkylation sites (tertiary alicyclic amines) is 1. The first kappa shape index (κ1) is 13.9. The molecule has 0 radical (unpaired) electrons. The van der Waals surface area contributed by atoms with Crippen LogP contribution in [0.1, 0.15) is 52.4 Å². The van der Waals surface area contributed by atoms with E-state index in [-0.39, 0.29) is 5.92 Å². The molecule has 2 fully saturated rings. The second-order valence-electron chi connectivity index (χ2n) is 6.41. The predicted octanol–water partition coefficient (Wildman–Crippen LogP) is 3.00. The van der Waals surface area contributed by atoms with Gasteiger partial charge in [-0.2, -0.15) is 0 Å². The van der Waals surface area contributed by atoms with Crippen LogP contribution in [0.2, 0.25) is 0 Å². The molecule has 1 saturated heterocycles. The molecule has 0 aromatic heterocycles. The van der Waals surface area contributed by atoms with E-state index < -0.39 is 5.97 Å². The summed E-state index contributed by atoms with van der Waals surface area (Å²) < 4.78 is 0. The standard InChI is InChI=1S/C15H27NO2/c1-11(2)12-5-4-9-16(10-8-12)14-7-3-6-13(14)15(17)18/h11-14H,3-10H2,1-2H3,(H,17,18). The summed E-state index contributed by atoms with van der Waals surface area (Å²) in [6, 6.07) is 0.313. The monoisotopic (exact) mass is 253 g/mol. The Kier molecular flexibility index (Phi) is 4.66. The van der Waals surface area contributed by atoms with Crippen molar-refractivity contribution in [3.8, 4) is 0 Å². The molecule has 1 N–H and O–H groups in total. The van der Waals surface area contributed by atoms with Crippen LogP contribution in [0.4, 0.5) is 0 Å². The molecule has 0 bridgehead atoms. The Morgan fingerprint density at radius 2 is 1.89 bits per heavy atom. The first-order valence-corrected chi connectivity index (χ1v) is 7.56. The molecule has 18 heavy (non-hydrogen) atoms. The Morgan fingerprint density at radius 1 is 1.11 bits per heavy atom. The fourth-order valence-electron chi connectivity index (χ4n) is 3.81. The van der Waals surface area contributed by atoms with E-state index in [1.54, 1.807) is 0 Å². The number of nitrogens with zero attached hydrogens (tertiary/aromatic N) is 1. The Labute approximate surface area is 111 Å². The first-order chi connectivity index (χ1) is 8.59. The lowest BCUT2D eigenvalue weighted by Crippen LogP contribution is -2.41. The third kappa shape index (κ3) is 3.05. The maximum atomic E-state index is 11.3. The quantitative estimate of drug-likeness (QED) is 0.840. The van der Waals surface area contributed by atoms with Gasteiger partial charge in [0.05, 0.1) is 5.92 Å². The van der Waals surface area contributed by atoms with Crippen molar-refractivity contribution in [2.45, 2.75) is 58.4 Å². The van der Waals surface area contributed by atoms with Gasteiger partial charge >= 0.3 is 5.97 Å². The van der Waals surface area contributed by atoms with E-state index >= 15 is 0 Å². The Morgan fingerprint density at radius 3 is 2.56 bits per heavy atom. The number of carbonyl (C=O) groups is 1. The number of aliphatic carboxylic acids is 1. The van der Waals surface area contributed by atoms with Gasteiger partial charge in [0.25, 0.3) is 0 Å². The molecule has 2 rings (SSSR count). The summed E-state index contributed by atoms with van der Waals surface area (Å²) in [4.78, 5) is 13.8. The SMILES string of the molecule is CC(C)C1CCCN(C2CCCC2C(=O)O)CC1. The average Bonchev–Trinajstić information content (AvgIpc) is 2.67. The molecule has 3 atom stereocenters. The minimum Gasteiger partial charge on any atom is -0.481 e. The lowest BCUT2D eigenvalue weighted by molar-refractivity contribution is -0.143. The van der Waals surface area contributed by atoms with E-state index in [1.165, 1.54) is 19.3 Å². The topological polar surface area (TPSA) is 40.5 Å². The fourth-order valence-corrected chi connectivity index (χ4v) is 3.81. The van der Waals surface area contributed by atoms with Gasteiger partial charge in [0.1, 0.15) is 0 Å². The Hall–Kier alpha value is -0.570. The minimum atomic E-state index is -0.581. The predicted molar refractivity (Wildman–Crippen MR) is 72.5 cm³/mol. The zero-order chi connectivity index (χ0) is 13.1. The second kappa shape index (κ2) is 6.05. The fraction of sp³-hybridized carbons (Fsp3) is 0.933.